The van der Waals surface area contributed by atoms with E-state index in [1.807, 2.05) is 12.3 Å². The number of thiophene rings is 1. The van der Waals surface area contributed by atoms with Gasteiger partial charge in [0.15, 0.2) is 0 Å². The van der Waals surface area contributed by atoms with Crippen LogP contribution in [0, 0.1) is 5.41 Å². The molecule has 1 aliphatic carbocycles. The summed E-state index contributed by atoms with van der Waals surface area (Å²) in [5.74, 6) is 0.262. The van der Waals surface area contributed by atoms with Gasteiger partial charge in [-0.1, -0.05) is 0 Å². The zero-order valence-corrected chi connectivity index (χ0v) is 13.6. The molecule has 1 atom stereocenters. The van der Waals surface area contributed by atoms with Crippen molar-refractivity contribution >= 4 is 17.2 Å². The number of amides is 1. The summed E-state index contributed by atoms with van der Waals surface area (Å²) >= 11 is 1.66. The van der Waals surface area contributed by atoms with Crippen LogP contribution in [0.1, 0.15) is 56.9 Å². The molecule has 1 aromatic rings. The van der Waals surface area contributed by atoms with Crippen molar-refractivity contribution in [3.63, 3.8) is 0 Å². The minimum Gasteiger partial charge on any atom is -0.393 e. The standard InChI is InChI=1S/C17H25NO2S/c1-13(14-4-11-21-12-14)16(20)18-9-7-17(8-10-18)5-2-15(19)3-6-17/h4,11-13,15,19H,2-3,5-10H2,1H3. The van der Waals surface area contributed by atoms with Gasteiger partial charge in [0.2, 0.25) is 5.91 Å². The molecule has 21 heavy (non-hydrogen) atoms. The third-order valence-corrected chi connectivity index (χ3v) is 6.27. The fraction of sp³-hybridized carbons (Fsp3) is 0.706. The van der Waals surface area contributed by atoms with Crippen molar-refractivity contribution in [2.75, 3.05) is 13.1 Å². The van der Waals surface area contributed by atoms with Crippen molar-refractivity contribution < 1.29 is 9.90 Å². The van der Waals surface area contributed by atoms with Crippen LogP contribution >= 0.6 is 11.3 Å². The Hall–Kier alpha value is -0.870. The minimum absolute atomic E-state index is 0.0153. The van der Waals surface area contributed by atoms with Gasteiger partial charge in [0.05, 0.1) is 12.0 Å². The predicted molar refractivity (Wildman–Crippen MR) is 85.5 cm³/mol. The maximum absolute atomic E-state index is 12.6. The molecular formula is C17H25NO2S. The first kappa shape index (κ1) is 15.0. The number of piperidine rings is 1. The Kier molecular flexibility index (Phi) is 4.36. The van der Waals surface area contributed by atoms with Crippen LogP contribution in [-0.2, 0) is 4.79 Å². The van der Waals surface area contributed by atoms with Crippen LogP contribution in [0.2, 0.25) is 0 Å². The second kappa shape index (κ2) is 6.09. The number of aliphatic hydroxyl groups excluding tert-OH is 1. The molecule has 1 N–H and O–H groups in total. The maximum Gasteiger partial charge on any atom is 0.229 e. The molecule has 1 amide bonds. The molecule has 0 radical (unpaired) electrons. The normalized spacial score (nSPS) is 24.2. The van der Waals surface area contributed by atoms with Gasteiger partial charge in [-0.2, -0.15) is 11.3 Å². The number of likely N-dealkylation sites (tertiary alicyclic amines) is 1. The van der Waals surface area contributed by atoms with Crippen molar-refractivity contribution in [2.45, 2.75) is 57.5 Å². The van der Waals surface area contributed by atoms with Gasteiger partial charge < -0.3 is 10.0 Å². The van der Waals surface area contributed by atoms with Gasteiger partial charge in [-0.05, 0) is 73.3 Å². The Morgan fingerprint density at radius 1 is 1.33 bits per heavy atom. The molecule has 1 unspecified atom stereocenters. The molecule has 1 aromatic heterocycles. The van der Waals surface area contributed by atoms with E-state index >= 15 is 0 Å². The molecule has 2 aliphatic rings. The third-order valence-electron chi connectivity index (χ3n) is 5.57. The second-order valence-corrected chi connectivity index (χ2v) is 7.61. The van der Waals surface area contributed by atoms with E-state index in [1.165, 1.54) is 0 Å². The lowest BCUT2D eigenvalue weighted by Crippen LogP contribution is -2.46. The lowest BCUT2D eigenvalue weighted by atomic mass is 9.67. The van der Waals surface area contributed by atoms with Crippen LogP contribution in [0.15, 0.2) is 16.8 Å². The highest BCUT2D eigenvalue weighted by Gasteiger charge is 2.39. The Bertz CT molecular complexity index is 467. The first-order valence-electron chi connectivity index (χ1n) is 8.09. The summed E-state index contributed by atoms with van der Waals surface area (Å²) in [6.45, 7) is 3.80. The molecule has 1 saturated heterocycles. The van der Waals surface area contributed by atoms with Crippen LogP contribution in [0.5, 0.6) is 0 Å². The van der Waals surface area contributed by atoms with Gasteiger partial charge in [0.1, 0.15) is 0 Å². The van der Waals surface area contributed by atoms with E-state index in [1.54, 1.807) is 11.3 Å². The molecule has 1 saturated carbocycles. The quantitative estimate of drug-likeness (QED) is 0.910. The summed E-state index contributed by atoms with van der Waals surface area (Å²) in [4.78, 5) is 14.7. The van der Waals surface area contributed by atoms with Crippen LogP contribution in [-0.4, -0.2) is 35.1 Å². The summed E-state index contributed by atoms with van der Waals surface area (Å²) in [5, 5.41) is 13.8. The average Bonchev–Trinajstić information content (AvgIpc) is 3.04. The lowest BCUT2D eigenvalue weighted by molar-refractivity contribution is -0.135. The van der Waals surface area contributed by atoms with Gasteiger partial charge in [-0.15, -0.1) is 0 Å². The van der Waals surface area contributed by atoms with Crippen molar-refractivity contribution in [3.8, 4) is 0 Å². The number of carbonyl (C=O) groups excluding carboxylic acids is 1. The molecule has 4 heteroatoms. The maximum atomic E-state index is 12.6. The van der Waals surface area contributed by atoms with E-state index in [0.29, 0.717) is 5.41 Å². The van der Waals surface area contributed by atoms with Gasteiger partial charge in [0.25, 0.3) is 0 Å². The second-order valence-electron chi connectivity index (χ2n) is 6.83. The minimum atomic E-state index is -0.0890. The molecule has 0 bridgehead atoms. The molecule has 116 valence electrons. The molecule has 1 spiro atoms. The Morgan fingerprint density at radius 2 is 2.00 bits per heavy atom. The van der Waals surface area contributed by atoms with E-state index in [4.69, 9.17) is 0 Å². The molecule has 2 heterocycles. The molecule has 1 aliphatic heterocycles. The smallest absolute Gasteiger partial charge is 0.229 e. The summed E-state index contributed by atoms with van der Waals surface area (Å²) in [6.07, 6.45) is 6.29. The van der Waals surface area contributed by atoms with E-state index < -0.39 is 0 Å². The summed E-state index contributed by atoms with van der Waals surface area (Å²) in [6, 6.07) is 2.06. The Balaban J connectivity index is 1.57. The third kappa shape index (κ3) is 3.16. The average molecular weight is 307 g/mol. The highest BCUT2D eigenvalue weighted by Crippen LogP contribution is 2.44. The van der Waals surface area contributed by atoms with Gasteiger partial charge in [0, 0.05) is 13.1 Å². The number of hydrogen-bond donors (Lipinski definition) is 1. The van der Waals surface area contributed by atoms with Crippen molar-refractivity contribution in [3.05, 3.63) is 22.4 Å². The van der Waals surface area contributed by atoms with Gasteiger partial charge >= 0.3 is 0 Å². The number of aliphatic hydroxyl groups is 1. The molecular weight excluding hydrogens is 282 g/mol. The fourth-order valence-electron chi connectivity index (χ4n) is 3.85. The first-order chi connectivity index (χ1) is 10.1. The van der Waals surface area contributed by atoms with Crippen LogP contribution in [0.4, 0.5) is 0 Å². The monoisotopic (exact) mass is 307 g/mol. The highest BCUT2D eigenvalue weighted by atomic mass is 32.1. The van der Waals surface area contributed by atoms with Crippen LogP contribution in [0.25, 0.3) is 0 Å². The molecule has 3 nitrogen and oxygen atoms in total. The molecule has 3 rings (SSSR count). The Labute approximate surface area is 131 Å². The van der Waals surface area contributed by atoms with Crippen LogP contribution < -0.4 is 0 Å². The first-order valence-corrected chi connectivity index (χ1v) is 9.03. The zero-order chi connectivity index (χ0) is 14.9. The van der Waals surface area contributed by atoms with E-state index in [2.05, 4.69) is 16.3 Å². The van der Waals surface area contributed by atoms with Crippen molar-refractivity contribution in [2.24, 2.45) is 5.41 Å². The number of hydrogen-bond acceptors (Lipinski definition) is 3. The zero-order valence-electron chi connectivity index (χ0n) is 12.8. The number of rotatable bonds is 2. The number of nitrogens with zero attached hydrogens (tertiary/aromatic N) is 1. The fourth-order valence-corrected chi connectivity index (χ4v) is 4.61. The SMILES string of the molecule is CC(C(=O)N1CCC2(CCC(O)CC2)CC1)c1ccsc1. The topological polar surface area (TPSA) is 40.5 Å². The summed E-state index contributed by atoms with van der Waals surface area (Å²) in [5.41, 5.74) is 1.55. The van der Waals surface area contributed by atoms with Crippen molar-refractivity contribution in [1.29, 1.82) is 0 Å². The van der Waals surface area contributed by atoms with Crippen LogP contribution in [0.3, 0.4) is 0 Å². The van der Waals surface area contributed by atoms with Gasteiger partial charge in [-0.3, -0.25) is 4.79 Å². The summed E-state index contributed by atoms with van der Waals surface area (Å²) in [7, 11) is 0. The van der Waals surface area contributed by atoms with Gasteiger partial charge in [-0.25, -0.2) is 0 Å². The van der Waals surface area contributed by atoms with E-state index in [9.17, 15) is 9.90 Å². The predicted octanol–water partition coefficient (Wildman–Crippen LogP) is 3.40. The largest absolute Gasteiger partial charge is 0.393 e. The summed E-state index contributed by atoms with van der Waals surface area (Å²) < 4.78 is 0. The molecule has 2 fully saturated rings. The van der Waals surface area contributed by atoms with E-state index in [0.717, 1.165) is 57.2 Å². The number of carbonyl (C=O) groups is 1. The van der Waals surface area contributed by atoms with Crippen molar-refractivity contribution in [1.82, 2.24) is 4.90 Å². The Morgan fingerprint density at radius 3 is 2.57 bits per heavy atom. The molecule has 0 aromatic carbocycles. The van der Waals surface area contributed by atoms with E-state index in [-0.39, 0.29) is 17.9 Å². The highest BCUT2D eigenvalue weighted by molar-refractivity contribution is 7.08. The lowest BCUT2D eigenvalue weighted by Gasteiger charge is -2.45.